The number of rotatable bonds is 0. The minimum absolute atomic E-state index is 0.0908. The molecule has 1 aromatic rings. The number of carbonyl (C=O) groups is 1. The van der Waals surface area contributed by atoms with Crippen LogP contribution in [0.4, 0.5) is 5.69 Å². The molecule has 0 aliphatic carbocycles. The van der Waals surface area contributed by atoms with Crippen molar-refractivity contribution in [3.05, 3.63) is 29.3 Å². The van der Waals surface area contributed by atoms with E-state index in [4.69, 9.17) is 0 Å². The van der Waals surface area contributed by atoms with Crippen LogP contribution >= 0.6 is 0 Å². The van der Waals surface area contributed by atoms with Gasteiger partial charge in [0.25, 0.3) is 0 Å². The second-order valence-electron chi connectivity index (χ2n) is 4.13. The van der Waals surface area contributed by atoms with E-state index in [-0.39, 0.29) is 11.3 Å². The molecule has 13 heavy (non-hydrogen) atoms. The zero-order valence-electron chi connectivity index (χ0n) is 8.14. The number of hydrogen-bond acceptors (Lipinski definition) is 1. The summed E-state index contributed by atoms with van der Waals surface area (Å²) < 4.78 is 0. The minimum atomic E-state index is -0.374. The van der Waals surface area contributed by atoms with E-state index in [0.29, 0.717) is 0 Å². The van der Waals surface area contributed by atoms with Crippen LogP contribution in [0.3, 0.4) is 0 Å². The first-order valence-electron chi connectivity index (χ1n) is 4.44. The molecule has 0 fully saturated rings. The molecule has 1 aliphatic heterocycles. The average Bonchev–Trinajstić information content (AvgIpc) is 2.27. The molecular formula is C11H13NO. The summed E-state index contributed by atoms with van der Waals surface area (Å²) in [5.41, 5.74) is 2.89. The molecule has 0 saturated carbocycles. The summed E-state index contributed by atoms with van der Waals surface area (Å²) in [6, 6.07) is 6.06. The van der Waals surface area contributed by atoms with Crippen LogP contribution in [-0.2, 0) is 10.2 Å². The van der Waals surface area contributed by atoms with E-state index in [1.807, 2.05) is 32.9 Å². The summed E-state index contributed by atoms with van der Waals surface area (Å²) in [7, 11) is 0. The molecule has 1 aromatic carbocycles. The van der Waals surface area contributed by atoms with Crippen molar-refractivity contribution in [2.24, 2.45) is 0 Å². The smallest absolute Gasteiger partial charge is 0.234 e. The lowest BCUT2D eigenvalue weighted by Gasteiger charge is -2.14. The average molecular weight is 175 g/mol. The van der Waals surface area contributed by atoms with Gasteiger partial charge in [0.1, 0.15) is 0 Å². The van der Waals surface area contributed by atoms with E-state index in [0.717, 1.165) is 11.3 Å². The Kier molecular flexibility index (Phi) is 1.50. The van der Waals surface area contributed by atoms with Crippen LogP contribution in [0.2, 0.25) is 0 Å². The fraction of sp³-hybridized carbons (Fsp3) is 0.364. The van der Waals surface area contributed by atoms with Gasteiger partial charge in [-0.1, -0.05) is 17.7 Å². The van der Waals surface area contributed by atoms with E-state index in [2.05, 4.69) is 11.4 Å². The largest absolute Gasteiger partial charge is 0.325 e. The Morgan fingerprint density at radius 3 is 2.69 bits per heavy atom. The van der Waals surface area contributed by atoms with Crippen LogP contribution < -0.4 is 5.32 Å². The van der Waals surface area contributed by atoms with Gasteiger partial charge in [0.05, 0.1) is 5.41 Å². The molecule has 68 valence electrons. The maximum absolute atomic E-state index is 11.6. The molecule has 1 aliphatic rings. The van der Waals surface area contributed by atoms with Crippen molar-refractivity contribution < 1.29 is 4.79 Å². The molecule has 0 radical (unpaired) electrons. The van der Waals surface area contributed by atoms with Crippen LogP contribution in [0, 0.1) is 6.92 Å². The molecule has 0 atom stereocenters. The first-order valence-corrected chi connectivity index (χ1v) is 4.44. The Balaban J connectivity index is 2.64. The first kappa shape index (κ1) is 8.30. The van der Waals surface area contributed by atoms with E-state index >= 15 is 0 Å². The lowest BCUT2D eigenvalue weighted by Crippen LogP contribution is -2.26. The zero-order valence-corrected chi connectivity index (χ0v) is 8.14. The number of nitrogens with one attached hydrogen (secondary N) is 1. The third-order valence-electron chi connectivity index (χ3n) is 2.66. The van der Waals surface area contributed by atoms with Gasteiger partial charge in [-0.05, 0) is 32.4 Å². The van der Waals surface area contributed by atoms with Gasteiger partial charge >= 0.3 is 0 Å². The predicted molar refractivity (Wildman–Crippen MR) is 52.8 cm³/mol. The molecule has 2 heteroatoms. The molecule has 0 bridgehead atoms. The third kappa shape index (κ3) is 1.05. The number of amides is 1. The molecule has 0 saturated heterocycles. The summed E-state index contributed by atoms with van der Waals surface area (Å²) in [6.07, 6.45) is 0. The summed E-state index contributed by atoms with van der Waals surface area (Å²) in [5, 5.41) is 2.88. The van der Waals surface area contributed by atoms with Crippen molar-refractivity contribution in [3.8, 4) is 0 Å². The van der Waals surface area contributed by atoms with Gasteiger partial charge in [-0.15, -0.1) is 0 Å². The monoisotopic (exact) mass is 175 g/mol. The molecular weight excluding hydrogens is 162 g/mol. The van der Waals surface area contributed by atoms with Gasteiger partial charge in [0, 0.05) is 5.69 Å². The van der Waals surface area contributed by atoms with Crippen molar-refractivity contribution in [2.75, 3.05) is 5.32 Å². The summed E-state index contributed by atoms with van der Waals surface area (Å²) >= 11 is 0. The van der Waals surface area contributed by atoms with Gasteiger partial charge in [0.2, 0.25) is 5.91 Å². The zero-order chi connectivity index (χ0) is 9.64. The van der Waals surface area contributed by atoms with Crippen LogP contribution in [-0.4, -0.2) is 5.91 Å². The van der Waals surface area contributed by atoms with Gasteiger partial charge in [-0.2, -0.15) is 0 Å². The lowest BCUT2D eigenvalue weighted by atomic mass is 9.85. The minimum Gasteiger partial charge on any atom is -0.325 e. The maximum Gasteiger partial charge on any atom is 0.234 e. The number of hydrogen-bond donors (Lipinski definition) is 1. The number of fused-ring (bicyclic) bond motifs is 1. The molecule has 2 rings (SSSR count). The van der Waals surface area contributed by atoms with Crippen LogP contribution in [0.5, 0.6) is 0 Å². The normalized spacial score (nSPS) is 18.2. The van der Waals surface area contributed by atoms with E-state index in [9.17, 15) is 4.79 Å². The molecule has 1 N–H and O–H groups in total. The second kappa shape index (κ2) is 2.34. The number of benzene rings is 1. The van der Waals surface area contributed by atoms with Crippen LogP contribution in [0.15, 0.2) is 18.2 Å². The van der Waals surface area contributed by atoms with Crippen LogP contribution in [0.1, 0.15) is 25.0 Å². The molecule has 2 nitrogen and oxygen atoms in total. The molecule has 1 heterocycles. The fourth-order valence-electron chi connectivity index (χ4n) is 1.69. The quantitative estimate of drug-likeness (QED) is 0.643. The number of aryl methyl sites for hydroxylation is 1. The van der Waals surface area contributed by atoms with Crippen molar-refractivity contribution in [3.63, 3.8) is 0 Å². The molecule has 0 spiro atoms. The summed E-state index contributed by atoms with van der Waals surface area (Å²) in [4.78, 5) is 11.6. The van der Waals surface area contributed by atoms with Crippen molar-refractivity contribution in [2.45, 2.75) is 26.2 Å². The molecule has 0 unspecified atom stereocenters. The Labute approximate surface area is 78.0 Å². The summed E-state index contributed by atoms with van der Waals surface area (Å²) in [6.45, 7) is 5.94. The SMILES string of the molecule is Cc1ccc2c(c1)C(C)(C)C(=O)N2. The van der Waals surface area contributed by atoms with Crippen molar-refractivity contribution >= 4 is 11.6 Å². The van der Waals surface area contributed by atoms with E-state index in [1.54, 1.807) is 0 Å². The fourth-order valence-corrected chi connectivity index (χ4v) is 1.69. The lowest BCUT2D eigenvalue weighted by molar-refractivity contribution is -0.119. The van der Waals surface area contributed by atoms with Gasteiger partial charge in [-0.25, -0.2) is 0 Å². The van der Waals surface area contributed by atoms with Gasteiger partial charge < -0.3 is 5.32 Å². The Bertz CT molecular complexity index is 380. The number of anilines is 1. The maximum atomic E-state index is 11.6. The highest BCUT2D eigenvalue weighted by molar-refractivity contribution is 6.05. The highest BCUT2D eigenvalue weighted by Crippen LogP contribution is 2.37. The van der Waals surface area contributed by atoms with Crippen LogP contribution in [0.25, 0.3) is 0 Å². The number of carbonyl (C=O) groups excluding carboxylic acids is 1. The Morgan fingerprint density at radius 2 is 2.00 bits per heavy atom. The topological polar surface area (TPSA) is 29.1 Å². The van der Waals surface area contributed by atoms with E-state index < -0.39 is 0 Å². The van der Waals surface area contributed by atoms with Gasteiger partial charge in [-0.3, -0.25) is 4.79 Å². The van der Waals surface area contributed by atoms with Crippen molar-refractivity contribution in [1.82, 2.24) is 0 Å². The molecule has 0 aromatic heterocycles. The highest BCUT2D eigenvalue weighted by Gasteiger charge is 2.37. The van der Waals surface area contributed by atoms with E-state index in [1.165, 1.54) is 5.56 Å². The standard InChI is InChI=1S/C11H13NO/c1-7-4-5-9-8(6-7)11(2,3)10(13)12-9/h4-6H,1-3H3,(H,12,13). The highest BCUT2D eigenvalue weighted by atomic mass is 16.2. The van der Waals surface area contributed by atoms with Crippen molar-refractivity contribution in [1.29, 1.82) is 0 Å². The predicted octanol–water partition coefficient (Wildman–Crippen LogP) is 2.22. The molecule has 1 amide bonds. The third-order valence-corrected chi connectivity index (χ3v) is 2.66. The first-order chi connectivity index (χ1) is 6.01. The Hall–Kier alpha value is -1.31. The summed E-state index contributed by atoms with van der Waals surface area (Å²) in [5.74, 6) is 0.0908. The Morgan fingerprint density at radius 1 is 1.31 bits per heavy atom. The van der Waals surface area contributed by atoms with Gasteiger partial charge in [0.15, 0.2) is 0 Å². The second-order valence-corrected chi connectivity index (χ2v) is 4.13.